The van der Waals surface area contributed by atoms with Gasteiger partial charge in [0.2, 0.25) is 10.0 Å². The van der Waals surface area contributed by atoms with Crippen LogP contribution < -0.4 is 9.73 Å². The first-order valence-corrected chi connectivity index (χ1v) is 10.4. The minimum absolute atomic E-state index is 0.339. The number of hydrogen-bond acceptors (Lipinski definition) is 4. The number of carbonyl (C=O) groups excluding carboxylic acids is 1. The van der Waals surface area contributed by atoms with E-state index < -0.39 is 15.9 Å². The van der Waals surface area contributed by atoms with Crippen LogP contribution in [0.2, 0.25) is 0 Å². The Morgan fingerprint density at radius 3 is 2.22 bits per heavy atom. The SMILES string of the molecule is C/C(=N/NC(=O)CN(c1cc(C)ccc1C)S(C)(=O)=O)c1ccc(C)cc1. The molecule has 0 aliphatic carbocycles. The Labute approximate surface area is 161 Å². The molecule has 2 aromatic carbocycles. The molecule has 0 bridgehead atoms. The van der Waals surface area contributed by atoms with Gasteiger partial charge in [0.05, 0.1) is 17.7 Å². The number of hydrazone groups is 1. The Morgan fingerprint density at radius 1 is 1.04 bits per heavy atom. The Bertz CT molecular complexity index is 964. The van der Waals surface area contributed by atoms with E-state index in [0.717, 1.165) is 32.8 Å². The smallest absolute Gasteiger partial charge is 0.260 e. The molecule has 0 saturated carbocycles. The van der Waals surface area contributed by atoms with Gasteiger partial charge in [-0.25, -0.2) is 13.8 Å². The third kappa shape index (κ3) is 5.65. The Balaban J connectivity index is 2.18. The minimum Gasteiger partial charge on any atom is -0.271 e. The fraction of sp³-hybridized carbons (Fsp3) is 0.300. The number of aryl methyl sites for hydroxylation is 3. The van der Waals surface area contributed by atoms with E-state index in [0.29, 0.717) is 11.4 Å². The van der Waals surface area contributed by atoms with Gasteiger partial charge in [0.25, 0.3) is 5.91 Å². The van der Waals surface area contributed by atoms with E-state index in [-0.39, 0.29) is 6.54 Å². The highest BCUT2D eigenvalue weighted by Crippen LogP contribution is 2.23. The van der Waals surface area contributed by atoms with E-state index in [1.807, 2.05) is 57.2 Å². The van der Waals surface area contributed by atoms with Gasteiger partial charge in [0.1, 0.15) is 6.54 Å². The molecule has 1 N–H and O–H groups in total. The summed E-state index contributed by atoms with van der Waals surface area (Å²) in [5, 5.41) is 4.09. The van der Waals surface area contributed by atoms with E-state index in [2.05, 4.69) is 10.5 Å². The van der Waals surface area contributed by atoms with Gasteiger partial charge in [-0.15, -0.1) is 0 Å². The molecule has 0 unspecified atom stereocenters. The van der Waals surface area contributed by atoms with E-state index in [4.69, 9.17) is 0 Å². The summed E-state index contributed by atoms with van der Waals surface area (Å²) in [7, 11) is -3.62. The van der Waals surface area contributed by atoms with E-state index >= 15 is 0 Å². The van der Waals surface area contributed by atoms with Crippen LogP contribution in [-0.4, -0.2) is 32.8 Å². The maximum Gasteiger partial charge on any atom is 0.260 e. The molecular weight excluding hydrogens is 362 g/mol. The lowest BCUT2D eigenvalue weighted by Crippen LogP contribution is -2.39. The summed E-state index contributed by atoms with van der Waals surface area (Å²) in [5.41, 5.74) is 7.28. The average molecular weight is 388 g/mol. The van der Waals surface area contributed by atoms with Gasteiger partial charge in [-0.3, -0.25) is 9.10 Å². The number of anilines is 1. The normalized spacial score (nSPS) is 12.0. The summed E-state index contributed by atoms with van der Waals surface area (Å²) < 4.78 is 25.6. The summed E-state index contributed by atoms with van der Waals surface area (Å²) in [6.45, 7) is 7.12. The van der Waals surface area contributed by atoms with Crippen molar-refractivity contribution < 1.29 is 13.2 Å². The van der Waals surface area contributed by atoms with Crippen molar-refractivity contribution >= 4 is 27.3 Å². The van der Waals surface area contributed by atoms with Crippen LogP contribution in [0.3, 0.4) is 0 Å². The lowest BCUT2D eigenvalue weighted by molar-refractivity contribution is -0.119. The second-order valence-corrected chi connectivity index (χ2v) is 8.56. The third-order valence-electron chi connectivity index (χ3n) is 4.14. The number of amides is 1. The zero-order valence-corrected chi connectivity index (χ0v) is 17.1. The van der Waals surface area contributed by atoms with E-state index in [9.17, 15) is 13.2 Å². The van der Waals surface area contributed by atoms with Crippen molar-refractivity contribution in [1.82, 2.24) is 5.43 Å². The van der Waals surface area contributed by atoms with Crippen molar-refractivity contribution in [3.8, 4) is 0 Å². The van der Waals surface area contributed by atoms with Crippen LogP contribution in [0.15, 0.2) is 47.6 Å². The van der Waals surface area contributed by atoms with Gasteiger partial charge in [-0.1, -0.05) is 42.0 Å². The van der Waals surface area contributed by atoms with Crippen molar-refractivity contribution in [3.05, 3.63) is 64.7 Å². The Kier molecular flexibility index (Phi) is 6.38. The number of nitrogens with zero attached hydrogens (tertiary/aromatic N) is 2. The number of rotatable bonds is 6. The van der Waals surface area contributed by atoms with Gasteiger partial charge in [0, 0.05) is 0 Å². The van der Waals surface area contributed by atoms with E-state index in [1.54, 1.807) is 13.0 Å². The molecule has 2 aromatic rings. The highest BCUT2D eigenvalue weighted by Gasteiger charge is 2.22. The molecule has 0 spiro atoms. The van der Waals surface area contributed by atoms with E-state index in [1.165, 1.54) is 0 Å². The van der Waals surface area contributed by atoms with Crippen molar-refractivity contribution in [2.75, 3.05) is 17.1 Å². The number of carbonyl (C=O) groups is 1. The average Bonchev–Trinajstić information content (AvgIpc) is 2.59. The highest BCUT2D eigenvalue weighted by atomic mass is 32.2. The summed E-state index contributed by atoms with van der Waals surface area (Å²) in [6.07, 6.45) is 1.09. The standard InChI is InChI=1S/C20H25N3O3S/c1-14-7-10-18(11-8-14)17(4)21-22-20(24)13-23(27(5,25)26)19-12-15(2)6-9-16(19)3/h6-12H,13H2,1-5H3,(H,22,24)/b21-17-. The zero-order valence-electron chi connectivity index (χ0n) is 16.3. The van der Waals surface area contributed by atoms with Crippen LogP contribution in [0, 0.1) is 20.8 Å². The van der Waals surface area contributed by atoms with Crippen molar-refractivity contribution in [3.63, 3.8) is 0 Å². The molecule has 0 aliphatic heterocycles. The van der Waals surface area contributed by atoms with Gasteiger partial charge in [-0.05, 0) is 50.5 Å². The maximum absolute atomic E-state index is 12.3. The van der Waals surface area contributed by atoms with Gasteiger partial charge >= 0.3 is 0 Å². The molecular formula is C20H25N3O3S. The summed E-state index contributed by atoms with van der Waals surface area (Å²) in [6, 6.07) is 13.2. The number of hydrogen-bond donors (Lipinski definition) is 1. The molecule has 0 atom stereocenters. The molecule has 2 rings (SSSR count). The highest BCUT2D eigenvalue weighted by molar-refractivity contribution is 7.92. The minimum atomic E-state index is -3.62. The first-order chi connectivity index (χ1) is 12.6. The molecule has 0 aliphatic rings. The fourth-order valence-corrected chi connectivity index (χ4v) is 3.45. The summed E-state index contributed by atoms with van der Waals surface area (Å²) >= 11 is 0. The molecule has 0 saturated heterocycles. The molecule has 1 amide bonds. The monoisotopic (exact) mass is 387 g/mol. The van der Waals surface area contributed by atoms with Crippen molar-refractivity contribution in [2.45, 2.75) is 27.7 Å². The summed E-state index contributed by atoms with van der Waals surface area (Å²) in [5.74, 6) is -0.507. The Morgan fingerprint density at radius 2 is 1.63 bits per heavy atom. The van der Waals surface area contributed by atoms with Crippen molar-refractivity contribution in [2.24, 2.45) is 5.10 Å². The van der Waals surface area contributed by atoms with Crippen LogP contribution in [0.4, 0.5) is 5.69 Å². The number of benzene rings is 2. The molecule has 0 aromatic heterocycles. The third-order valence-corrected chi connectivity index (χ3v) is 5.26. The topological polar surface area (TPSA) is 78.8 Å². The van der Waals surface area contributed by atoms with Crippen LogP contribution in [-0.2, 0) is 14.8 Å². The largest absolute Gasteiger partial charge is 0.271 e. The second kappa shape index (κ2) is 8.35. The van der Waals surface area contributed by atoms with Crippen LogP contribution in [0.1, 0.15) is 29.2 Å². The lowest BCUT2D eigenvalue weighted by Gasteiger charge is -2.23. The summed E-state index contributed by atoms with van der Waals surface area (Å²) in [4.78, 5) is 12.3. The number of nitrogens with one attached hydrogen (secondary N) is 1. The molecule has 27 heavy (non-hydrogen) atoms. The van der Waals surface area contributed by atoms with Crippen LogP contribution >= 0.6 is 0 Å². The zero-order chi connectivity index (χ0) is 20.2. The predicted molar refractivity (Wildman–Crippen MR) is 110 cm³/mol. The fourth-order valence-electron chi connectivity index (χ4n) is 2.54. The molecule has 7 heteroatoms. The Hall–Kier alpha value is -2.67. The van der Waals surface area contributed by atoms with Gasteiger partial charge < -0.3 is 0 Å². The van der Waals surface area contributed by atoms with Gasteiger partial charge in [-0.2, -0.15) is 5.10 Å². The number of sulfonamides is 1. The van der Waals surface area contributed by atoms with Crippen molar-refractivity contribution in [1.29, 1.82) is 0 Å². The maximum atomic E-state index is 12.3. The quantitative estimate of drug-likeness (QED) is 0.611. The first-order valence-electron chi connectivity index (χ1n) is 8.53. The lowest BCUT2D eigenvalue weighted by atomic mass is 10.1. The molecule has 6 nitrogen and oxygen atoms in total. The van der Waals surface area contributed by atoms with Gasteiger partial charge in [0.15, 0.2) is 0 Å². The molecule has 0 heterocycles. The molecule has 0 fully saturated rings. The predicted octanol–water partition coefficient (Wildman–Crippen LogP) is 2.92. The van der Waals surface area contributed by atoms with Crippen LogP contribution in [0.25, 0.3) is 0 Å². The van der Waals surface area contributed by atoms with Crippen LogP contribution in [0.5, 0.6) is 0 Å². The molecule has 144 valence electrons. The second-order valence-electron chi connectivity index (χ2n) is 6.66. The molecule has 0 radical (unpaired) electrons. The first kappa shape index (κ1) is 20.6.